The number of amides is 1. The molecule has 0 aliphatic carbocycles. The molecule has 0 spiro atoms. The SMILES string of the molecule is C[C@H](Oc1cccc(Cl)c1Cl)C(=O)N1CCc2sccc2[C@@H]1C. The van der Waals surface area contributed by atoms with Gasteiger partial charge in [-0.05, 0) is 49.4 Å². The second-order valence-corrected chi connectivity index (χ2v) is 7.35. The first-order chi connectivity index (χ1) is 11.0. The molecule has 6 heteroatoms. The van der Waals surface area contributed by atoms with Crippen LogP contribution in [0.2, 0.25) is 10.0 Å². The Balaban J connectivity index is 1.74. The van der Waals surface area contributed by atoms with Crippen LogP contribution in [-0.4, -0.2) is 23.5 Å². The number of hydrogen-bond donors (Lipinski definition) is 0. The van der Waals surface area contributed by atoms with Crippen LogP contribution in [0.15, 0.2) is 29.6 Å². The summed E-state index contributed by atoms with van der Waals surface area (Å²) in [6.45, 7) is 4.52. The lowest BCUT2D eigenvalue weighted by Gasteiger charge is -2.35. The molecule has 122 valence electrons. The first-order valence-corrected chi connectivity index (χ1v) is 9.10. The number of carbonyl (C=O) groups is 1. The van der Waals surface area contributed by atoms with Gasteiger partial charge >= 0.3 is 0 Å². The Kier molecular flexibility index (Phi) is 4.85. The van der Waals surface area contributed by atoms with E-state index in [0.717, 1.165) is 6.42 Å². The third kappa shape index (κ3) is 3.21. The van der Waals surface area contributed by atoms with Crippen molar-refractivity contribution in [2.45, 2.75) is 32.4 Å². The molecule has 1 aliphatic heterocycles. The Morgan fingerprint density at radius 3 is 2.96 bits per heavy atom. The monoisotopic (exact) mass is 369 g/mol. The summed E-state index contributed by atoms with van der Waals surface area (Å²) in [5.41, 5.74) is 1.24. The molecular formula is C17H17Cl2NO2S. The number of carbonyl (C=O) groups excluding carboxylic acids is 1. The molecule has 0 radical (unpaired) electrons. The van der Waals surface area contributed by atoms with E-state index in [4.69, 9.17) is 27.9 Å². The zero-order valence-electron chi connectivity index (χ0n) is 12.9. The number of rotatable bonds is 3. The van der Waals surface area contributed by atoms with Gasteiger partial charge in [-0.25, -0.2) is 0 Å². The Morgan fingerprint density at radius 2 is 2.17 bits per heavy atom. The lowest BCUT2D eigenvalue weighted by Crippen LogP contribution is -2.44. The molecule has 2 atom stereocenters. The highest BCUT2D eigenvalue weighted by Gasteiger charge is 2.31. The summed E-state index contributed by atoms with van der Waals surface area (Å²) in [6, 6.07) is 7.33. The standard InChI is InChI=1S/C17H17Cl2NO2S/c1-10-12-7-9-23-15(12)6-8-20(10)17(21)11(2)22-14-5-3-4-13(18)16(14)19/h3-5,7,9-11H,6,8H2,1-2H3/t10-,11-/m0/s1. The molecular weight excluding hydrogens is 353 g/mol. The van der Waals surface area contributed by atoms with Crippen LogP contribution in [0.3, 0.4) is 0 Å². The largest absolute Gasteiger partial charge is 0.479 e. The summed E-state index contributed by atoms with van der Waals surface area (Å²) in [4.78, 5) is 16.0. The second-order valence-electron chi connectivity index (χ2n) is 5.57. The predicted molar refractivity (Wildman–Crippen MR) is 94.7 cm³/mol. The molecule has 23 heavy (non-hydrogen) atoms. The van der Waals surface area contributed by atoms with Gasteiger partial charge in [0, 0.05) is 11.4 Å². The van der Waals surface area contributed by atoms with Crippen molar-refractivity contribution in [1.29, 1.82) is 0 Å². The van der Waals surface area contributed by atoms with Crippen molar-refractivity contribution in [3.63, 3.8) is 0 Å². The molecule has 0 N–H and O–H groups in total. The zero-order valence-corrected chi connectivity index (χ0v) is 15.2. The molecule has 1 aliphatic rings. The van der Waals surface area contributed by atoms with Gasteiger partial charge in [0.05, 0.1) is 11.1 Å². The van der Waals surface area contributed by atoms with Crippen LogP contribution in [0.1, 0.15) is 30.3 Å². The molecule has 0 saturated heterocycles. The van der Waals surface area contributed by atoms with Gasteiger partial charge in [-0.2, -0.15) is 0 Å². The quantitative estimate of drug-likeness (QED) is 0.764. The van der Waals surface area contributed by atoms with Crippen molar-refractivity contribution >= 4 is 40.4 Å². The van der Waals surface area contributed by atoms with Crippen LogP contribution < -0.4 is 4.74 Å². The van der Waals surface area contributed by atoms with Gasteiger partial charge in [-0.1, -0.05) is 29.3 Å². The highest BCUT2D eigenvalue weighted by atomic mass is 35.5. The first kappa shape index (κ1) is 16.6. The van der Waals surface area contributed by atoms with E-state index in [1.54, 1.807) is 36.5 Å². The van der Waals surface area contributed by atoms with Gasteiger partial charge in [0.1, 0.15) is 10.8 Å². The van der Waals surface area contributed by atoms with E-state index in [2.05, 4.69) is 18.4 Å². The summed E-state index contributed by atoms with van der Waals surface area (Å²) in [7, 11) is 0. The van der Waals surface area contributed by atoms with E-state index in [1.165, 1.54) is 10.4 Å². The van der Waals surface area contributed by atoms with Crippen LogP contribution in [-0.2, 0) is 11.2 Å². The number of benzene rings is 1. The molecule has 2 heterocycles. The number of ether oxygens (including phenoxy) is 1. The number of halogens is 2. The van der Waals surface area contributed by atoms with Crippen molar-refractivity contribution in [3.05, 3.63) is 50.1 Å². The fourth-order valence-electron chi connectivity index (χ4n) is 2.86. The molecule has 0 unspecified atom stereocenters. The van der Waals surface area contributed by atoms with Crippen molar-refractivity contribution < 1.29 is 9.53 Å². The molecule has 1 aromatic heterocycles. The molecule has 2 aromatic rings. The van der Waals surface area contributed by atoms with Gasteiger partial charge in [-0.3, -0.25) is 4.79 Å². The molecule has 0 bridgehead atoms. The second kappa shape index (κ2) is 6.71. The molecule has 0 fully saturated rings. The Morgan fingerprint density at radius 1 is 1.39 bits per heavy atom. The smallest absolute Gasteiger partial charge is 0.263 e. The fraction of sp³-hybridized carbons (Fsp3) is 0.353. The topological polar surface area (TPSA) is 29.5 Å². The number of nitrogens with zero attached hydrogens (tertiary/aromatic N) is 1. The summed E-state index contributed by atoms with van der Waals surface area (Å²) in [5, 5.41) is 2.83. The van der Waals surface area contributed by atoms with E-state index in [0.29, 0.717) is 22.3 Å². The number of hydrogen-bond acceptors (Lipinski definition) is 3. The maximum atomic E-state index is 12.8. The van der Waals surface area contributed by atoms with Crippen molar-refractivity contribution in [2.75, 3.05) is 6.54 Å². The molecule has 3 nitrogen and oxygen atoms in total. The molecule has 3 rings (SSSR count). The minimum absolute atomic E-state index is 0.0367. The maximum absolute atomic E-state index is 12.8. The van der Waals surface area contributed by atoms with Crippen molar-refractivity contribution in [2.24, 2.45) is 0 Å². The molecule has 0 saturated carbocycles. The summed E-state index contributed by atoms with van der Waals surface area (Å²) in [5.74, 6) is 0.395. The van der Waals surface area contributed by atoms with Crippen LogP contribution >= 0.6 is 34.5 Å². The van der Waals surface area contributed by atoms with Crippen molar-refractivity contribution in [1.82, 2.24) is 4.90 Å². The summed E-state index contributed by atoms with van der Waals surface area (Å²) >= 11 is 13.9. The highest BCUT2D eigenvalue weighted by molar-refractivity contribution is 7.10. The number of thiophene rings is 1. The minimum Gasteiger partial charge on any atom is -0.479 e. The van der Waals surface area contributed by atoms with Crippen molar-refractivity contribution in [3.8, 4) is 5.75 Å². The van der Waals surface area contributed by atoms with Crippen LogP contribution in [0, 0.1) is 0 Å². The van der Waals surface area contributed by atoms with E-state index >= 15 is 0 Å². The van der Waals surface area contributed by atoms with Gasteiger partial charge in [-0.15, -0.1) is 11.3 Å². The van der Waals surface area contributed by atoms with Crippen LogP contribution in [0.4, 0.5) is 0 Å². The lowest BCUT2D eigenvalue weighted by molar-refractivity contribution is -0.140. The predicted octanol–water partition coefficient (Wildman–Crippen LogP) is 4.97. The van der Waals surface area contributed by atoms with Gasteiger partial charge in [0.2, 0.25) is 0 Å². The van der Waals surface area contributed by atoms with Crippen LogP contribution in [0.5, 0.6) is 5.75 Å². The van der Waals surface area contributed by atoms with Gasteiger partial charge < -0.3 is 9.64 Å². The zero-order chi connectivity index (χ0) is 16.6. The average molecular weight is 370 g/mol. The van der Waals surface area contributed by atoms with Gasteiger partial charge in [0.15, 0.2) is 6.10 Å². The van der Waals surface area contributed by atoms with E-state index < -0.39 is 6.10 Å². The minimum atomic E-state index is -0.617. The van der Waals surface area contributed by atoms with E-state index in [9.17, 15) is 4.79 Å². The van der Waals surface area contributed by atoms with E-state index in [-0.39, 0.29) is 11.9 Å². The Hall–Kier alpha value is -1.23. The summed E-state index contributed by atoms with van der Waals surface area (Å²) in [6.07, 6.45) is 0.280. The third-order valence-corrected chi connectivity index (χ3v) is 5.93. The third-order valence-electron chi connectivity index (χ3n) is 4.13. The normalized spacial score (nSPS) is 18.4. The number of fused-ring (bicyclic) bond motifs is 1. The molecule has 1 amide bonds. The first-order valence-electron chi connectivity index (χ1n) is 7.46. The Bertz CT molecular complexity index is 731. The lowest BCUT2D eigenvalue weighted by atomic mass is 10.0. The molecule has 1 aromatic carbocycles. The van der Waals surface area contributed by atoms with E-state index in [1.807, 2.05) is 4.90 Å². The average Bonchev–Trinajstić information content (AvgIpc) is 3.01. The Labute approximate surface area is 149 Å². The summed E-state index contributed by atoms with van der Waals surface area (Å²) < 4.78 is 5.75. The van der Waals surface area contributed by atoms with Crippen LogP contribution in [0.25, 0.3) is 0 Å². The highest BCUT2D eigenvalue weighted by Crippen LogP contribution is 2.35. The fourth-order valence-corrected chi connectivity index (χ4v) is 4.16. The van der Waals surface area contributed by atoms with Gasteiger partial charge in [0.25, 0.3) is 5.91 Å². The maximum Gasteiger partial charge on any atom is 0.263 e.